The highest BCUT2D eigenvalue weighted by atomic mass is 16.5. The van der Waals surface area contributed by atoms with Crippen LogP contribution in [0.1, 0.15) is 19.8 Å². The molecule has 0 aromatic carbocycles. The van der Waals surface area contributed by atoms with Gasteiger partial charge in [0.2, 0.25) is 0 Å². The lowest BCUT2D eigenvalue weighted by atomic mass is 10.2. The molecule has 5 heteroatoms. The van der Waals surface area contributed by atoms with E-state index in [9.17, 15) is 4.79 Å². The van der Waals surface area contributed by atoms with Gasteiger partial charge in [0.15, 0.2) is 0 Å². The van der Waals surface area contributed by atoms with Gasteiger partial charge in [-0.05, 0) is 19.9 Å². The molecule has 16 heavy (non-hydrogen) atoms. The van der Waals surface area contributed by atoms with Gasteiger partial charge in [0.25, 0.3) is 0 Å². The van der Waals surface area contributed by atoms with Crippen molar-refractivity contribution >= 4 is 5.97 Å². The molecular weight excluding hydrogens is 206 g/mol. The molecule has 1 rings (SSSR count). The van der Waals surface area contributed by atoms with Crippen LogP contribution in [0.3, 0.4) is 0 Å². The number of rotatable bonds is 7. The van der Waals surface area contributed by atoms with Crippen LogP contribution in [0.4, 0.5) is 0 Å². The summed E-state index contributed by atoms with van der Waals surface area (Å²) in [6.45, 7) is 3.81. The average Bonchev–Trinajstić information content (AvgIpc) is 2.77. The Hall–Kier alpha value is -1.36. The summed E-state index contributed by atoms with van der Waals surface area (Å²) >= 11 is 0. The van der Waals surface area contributed by atoms with Gasteiger partial charge in [-0.15, -0.1) is 0 Å². The second kappa shape index (κ2) is 7.00. The molecule has 0 aliphatic carbocycles. The van der Waals surface area contributed by atoms with Crippen molar-refractivity contribution in [2.24, 2.45) is 0 Å². The Morgan fingerprint density at radius 2 is 2.44 bits per heavy atom. The number of aromatic nitrogens is 2. The van der Waals surface area contributed by atoms with Crippen molar-refractivity contribution in [3.8, 4) is 0 Å². The number of hydrogen-bond donors (Lipinski definition) is 1. The first-order valence-electron chi connectivity index (χ1n) is 5.48. The second-order valence-corrected chi connectivity index (χ2v) is 3.79. The lowest BCUT2D eigenvalue weighted by Crippen LogP contribution is -2.30. The zero-order valence-electron chi connectivity index (χ0n) is 9.85. The van der Waals surface area contributed by atoms with E-state index < -0.39 is 0 Å². The van der Waals surface area contributed by atoms with Crippen LogP contribution in [0.15, 0.2) is 18.7 Å². The number of hydrogen-bond acceptors (Lipinski definition) is 4. The first-order chi connectivity index (χ1) is 7.72. The SMILES string of the molecule is COC(=O)CC(C)NCCCn1ccnc1. The first kappa shape index (κ1) is 12.7. The predicted molar refractivity (Wildman–Crippen MR) is 60.9 cm³/mol. The molecule has 0 spiro atoms. The maximum absolute atomic E-state index is 11.0. The lowest BCUT2D eigenvalue weighted by Gasteiger charge is -2.12. The van der Waals surface area contributed by atoms with Gasteiger partial charge in [0.05, 0.1) is 19.9 Å². The number of carbonyl (C=O) groups excluding carboxylic acids is 1. The van der Waals surface area contributed by atoms with Crippen LogP contribution < -0.4 is 5.32 Å². The smallest absolute Gasteiger partial charge is 0.307 e. The summed E-state index contributed by atoms with van der Waals surface area (Å²) in [5.41, 5.74) is 0. The summed E-state index contributed by atoms with van der Waals surface area (Å²) in [7, 11) is 1.41. The van der Waals surface area contributed by atoms with Crippen LogP contribution >= 0.6 is 0 Å². The van der Waals surface area contributed by atoms with Crippen molar-refractivity contribution in [3.05, 3.63) is 18.7 Å². The zero-order valence-corrected chi connectivity index (χ0v) is 9.85. The van der Waals surface area contributed by atoms with Gasteiger partial charge in [0, 0.05) is 25.0 Å². The Bertz CT molecular complexity index is 298. The number of imidazole rings is 1. The van der Waals surface area contributed by atoms with Gasteiger partial charge >= 0.3 is 5.97 Å². The van der Waals surface area contributed by atoms with Crippen molar-refractivity contribution in [2.45, 2.75) is 32.4 Å². The molecule has 5 nitrogen and oxygen atoms in total. The first-order valence-corrected chi connectivity index (χ1v) is 5.48. The number of nitrogens with one attached hydrogen (secondary N) is 1. The quantitative estimate of drug-likeness (QED) is 0.551. The van der Waals surface area contributed by atoms with Gasteiger partial charge < -0.3 is 14.6 Å². The van der Waals surface area contributed by atoms with Crippen molar-refractivity contribution in [1.82, 2.24) is 14.9 Å². The lowest BCUT2D eigenvalue weighted by molar-refractivity contribution is -0.141. The molecule has 1 heterocycles. The minimum absolute atomic E-state index is 0.162. The molecule has 1 N–H and O–H groups in total. The number of methoxy groups -OCH3 is 1. The predicted octanol–water partition coefficient (Wildman–Crippen LogP) is 0.814. The molecule has 0 bridgehead atoms. The standard InChI is InChI=1S/C11H19N3O2/c1-10(8-11(15)16-2)13-4-3-6-14-7-5-12-9-14/h5,7,9-10,13H,3-4,6,8H2,1-2H3. The third kappa shape index (κ3) is 4.93. The maximum atomic E-state index is 11.0. The molecule has 90 valence electrons. The normalized spacial score (nSPS) is 12.4. The van der Waals surface area contributed by atoms with Gasteiger partial charge in [-0.1, -0.05) is 0 Å². The van der Waals surface area contributed by atoms with Crippen molar-refractivity contribution < 1.29 is 9.53 Å². The largest absolute Gasteiger partial charge is 0.469 e. The number of esters is 1. The number of nitrogens with zero attached hydrogens (tertiary/aromatic N) is 2. The Balaban J connectivity index is 2.04. The van der Waals surface area contributed by atoms with E-state index in [2.05, 4.69) is 15.0 Å². The number of aryl methyl sites for hydroxylation is 1. The van der Waals surface area contributed by atoms with Crippen molar-refractivity contribution in [3.63, 3.8) is 0 Å². The average molecular weight is 225 g/mol. The Kier molecular flexibility index (Phi) is 5.56. The molecule has 0 saturated carbocycles. The third-order valence-electron chi connectivity index (χ3n) is 2.35. The monoisotopic (exact) mass is 225 g/mol. The molecule has 0 aliphatic heterocycles. The molecule has 1 aromatic rings. The molecule has 0 fully saturated rings. The highest BCUT2D eigenvalue weighted by Crippen LogP contribution is 1.94. The molecule has 0 aliphatic rings. The summed E-state index contributed by atoms with van der Waals surface area (Å²) in [6, 6.07) is 0.162. The van der Waals surface area contributed by atoms with Gasteiger partial charge in [0.1, 0.15) is 0 Å². The Morgan fingerprint density at radius 1 is 1.62 bits per heavy atom. The topological polar surface area (TPSA) is 56.1 Å². The summed E-state index contributed by atoms with van der Waals surface area (Å²) in [5.74, 6) is -0.172. The third-order valence-corrected chi connectivity index (χ3v) is 2.35. The zero-order chi connectivity index (χ0) is 11.8. The summed E-state index contributed by atoms with van der Waals surface area (Å²) in [6.07, 6.45) is 6.95. The molecule has 0 saturated heterocycles. The number of ether oxygens (including phenoxy) is 1. The van der Waals surface area contributed by atoms with E-state index in [4.69, 9.17) is 0 Å². The molecule has 0 amide bonds. The van der Waals surface area contributed by atoms with Crippen LogP contribution in [-0.4, -0.2) is 35.2 Å². The van der Waals surface area contributed by atoms with Crippen LogP contribution in [-0.2, 0) is 16.1 Å². The van der Waals surface area contributed by atoms with Crippen LogP contribution in [0.2, 0.25) is 0 Å². The van der Waals surface area contributed by atoms with E-state index in [0.717, 1.165) is 19.5 Å². The highest BCUT2D eigenvalue weighted by molar-refractivity contribution is 5.69. The maximum Gasteiger partial charge on any atom is 0.307 e. The molecular formula is C11H19N3O2. The van der Waals surface area contributed by atoms with Gasteiger partial charge in [-0.2, -0.15) is 0 Å². The fourth-order valence-electron chi connectivity index (χ4n) is 1.43. The molecule has 1 atom stereocenters. The Labute approximate surface area is 95.8 Å². The summed E-state index contributed by atoms with van der Waals surface area (Å²) in [5, 5.41) is 3.28. The van der Waals surface area contributed by atoms with Crippen LogP contribution in [0.5, 0.6) is 0 Å². The summed E-state index contributed by atoms with van der Waals surface area (Å²) in [4.78, 5) is 14.9. The minimum Gasteiger partial charge on any atom is -0.469 e. The van der Waals surface area contributed by atoms with E-state index in [1.807, 2.05) is 17.7 Å². The van der Waals surface area contributed by atoms with E-state index in [-0.39, 0.29) is 12.0 Å². The second-order valence-electron chi connectivity index (χ2n) is 3.79. The molecule has 1 aromatic heterocycles. The minimum atomic E-state index is -0.172. The van der Waals surface area contributed by atoms with E-state index in [1.165, 1.54) is 7.11 Å². The van der Waals surface area contributed by atoms with Gasteiger partial charge in [-0.3, -0.25) is 4.79 Å². The Morgan fingerprint density at radius 3 is 3.06 bits per heavy atom. The van der Waals surface area contributed by atoms with E-state index in [1.54, 1.807) is 12.5 Å². The molecule has 0 radical (unpaired) electrons. The summed E-state index contributed by atoms with van der Waals surface area (Å²) < 4.78 is 6.63. The van der Waals surface area contributed by atoms with Crippen LogP contribution in [0, 0.1) is 0 Å². The fraction of sp³-hybridized carbons (Fsp3) is 0.636. The van der Waals surface area contributed by atoms with Crippen LogP contribution in [0.25, 0.3) is 0 Å². The van der Waals surface area contributed by atoms with Crippen molar-refractivity contribution in [1.29, 1.82) is 0 Å². The fourth-order valence-corrected chi connectivity index (χ4v) is 1.43. The molecule has 1 unspecified atom stereocenters. The van der Waals surface area contributed by atoms with Crippen molar-refractivity contribution in [2.75, 3.05) is 13.7 Å². The van der Waals surface area contributed by atoms with E-state index in [0.29, 0.717) is 6.42 Å². The van der Waals surface area contributed by atoms with E-state index >= 15 is 0 Å². The number of carbonyl (C=O) groups is 1. The van der Waals surface area contributed by atoms with Gasteiger partial charge in [-0.25, -0.2) is 4.98 Å². The highest BCUT2D eigenvalue weighted by Gasteiger charge is 2.07.